The third-order valence-electron chi connectivity index (χ3n) is 3.85. The summed E-state index contributed by atoms with van der Waals surface area (Å²) in [5.74, 6) is -0.732. The highest BCUT2D eigenvalue weighted by Gasteiger charge is 2.31. The van der Waals surface area contributed by atoms with Crippen LogP contribution in [0.1, 0.15) is 21.8 Å². The van der Waals surface area contributed by atoms with Gasteiger partial charge in [0.1, 0.15) is 0 Å². The molecule has 0 aromatic heterocycles. The molecule has 0 spiro atoms. The molecule has 0 aliphatic carbocycles. The molecule has 1 N–H and O–H groups in total. The zero-order valence-electron chi connectivity index (χ0n) is 11.4. The van der Waals surface area contributed by atoms with Gasteiger partial charge in [0.05, 0.1) is 21.3 Å². The number of hydrogen-bond donors (Lipinski definition) is 1. The van der Waals surface area contributed by atoms with Gasteiger partial charge in [-0.15, -0.1) is 0 Å². The van der Waals surface area contributed by atoms with Gasteiger partial charge < -0.3 is 10.0 Å². The number of aromatic carboxylic acids is 1. The second-order valence-corrected chi connectivity index (χ2v) is 6.44. The monoisotopic (exact) mass is 355 g/mol. The second kappa shape index (κ2) is 5.99. The van der Waals surface area contributed by atoms with Crippen molar-refractivity contribution in [2.45, 2.75) is 5.92 Å². The van der Waals surface area contributed by atoms with Crippen molar-refractivity contribution in [3.05, 3.63) is 62.6 Å². The summed E-state index contributed by atoms with van der Waals surface area (Å²) in [6.07, 6.45) is 0. The standard InChI is InChI=1S/C16H12Cl3NO2/c17-11-3-1-9(2-4-11)10-7-20(8-10)13-6-5-12(18)14(15(13)19)16(21)22/h1-6,10H,7-8H2,(H,21,22). The summed E-state index contributed by atoms with van der Waals surface area (Å²) in [6, 6.07) is 11.1. The van der Waals surface area contributed by atoms with Gasteiger partial charge in [0, 0.05) is 24.0 Å². The van der Waals surface area contributed by atoms with E-state index in [0.29, 0.717) is 16.6 Å². The average molecular weight is 357 g/mol. The summed E-state index contributed by atoms with van der Waals surface area (Å²) in [5.41, 5.74) is 1.87. The van der Waals surface area contributed by atoms with Crippen LogP contribution in [0.15, 0.2) is 36.4 Å². The number of carbonyl (C=O) groups is 1. The van der Waals surface area contributed by atoms with Crippen molar-refractivity contribution in [1.82, 2.24) is 0 Å². The van der Waals surface area contributed by atoms with E-state index in [1.807, 2.05) is 29.2 Å². The first kappa shape index (κ1) is 15.5. The Bertz CT molecular complexity index is 725. The summed E-state index contributed by atoms with van der Waals surface area (Å²) in [7, 11) is 0. The number of nitrogens with zero attached hydrogens (tertiary/aromatic N) is 1. The van der Waals surface area contributed by atoms with Crippen molar-refractivity contribution in [1.29, 1.82) is 0 Å². The predicted molar refractivity (Wildman–Crippen MR) is 89.8 cm³/mol. The summed E-state index contributed by atoms with van der Waals surface area (Å²) < 4.78 is 0. The fraction of sp³-hybridized carbons (Fsp3) is 0.188. The van der Waals surface area contributed by atoms with E-state index >= 15 is 0 Å². The van der Waals surface area contributed by atoms with Crippen LogP contribution < -0.4 is 4.90 Å². The number of hydrogen-bond acceptors (Lipinski definition) is 2. The molecule has 22 heavy (non-hydrogen) atoms. The number of anilines is 1. The van der Waals surface area contributed by atoms with Crippen LogP contribution in [0.5, 0.6) is 0 Å². The molecule has 0 radical (unpaired) electrons. The Morgan fingerprint density at radius 1 is 1.05 bits per heavy atom. The van der Waals surface area contributed by atoms with Crippen molar-refractivity contribution in [3.63, 3.8) is 0 Å². The first-order chi connectivity index (χ1) is 10.5. The van der Waals surface area contributed by atoms with Crippen LogP contribution in [-0.4, -0.2) is 24.2 Å². The van der Waals surface area contributed by atoms with Crippen LogP contribution in [-0.2, 0) is 0 Å². The number of rotatable bonds is 3. The number of halogens is 3. The largest absolute Gasteiger partial charge is 0.478 e. The second-order valence-electron chi connectivity index (χ2n) is 5.21. The molecule has 0 atom stereocenters. The summed E-state index contributed by atoms with van der Waals surface area (Å²) >= 11 is 18.0. The molecule has 3 rings (SSSR count). The maximum atomic E-state index is 11.2. The Kier molecular flexibility index (Phi) is 4.22. The van der Waals surface area contributed by atoms with Gasteiger partial charge in [-0.1, -0.05) is 46.9 Å². The van der Waals surface area contributed by atoms with Gasteiger partial charge in [0.15, 0.2) is 0 Å². The molecule has 6 heteroatoms. The quantitative estimate of drug-likeness (QED) is 0.846. The summed E-state index contributed by atoms with van der Waals surface area (Å²) in [6.45, 7) is 1.56. The molecular formula is C16H12Cl3NO2. The Labute approximate surface area is 143 Å². The molecule has 0 bridgehead atoms. The van der Waals surface area contributed by atoms with Crippen LogP contribution in [0.2, 0.25) is 15.1 Å². The predicted octanol–water partition coefficient (Wildman–Crippen LogP) is 4.95. The van der Waals surface area contributed by atoms with E-state index in [1.54, 1.807) is 12.1 Å². The molecule has 2 aromatic rings. The summed E-state index contributed by atoms with van der Waals surface area (Å²) in [5, 5.41) is 10.3. The molecule has 1 heterocycles. The molecule has 2 aromatic carbocycles. The molecule has 1 aliphatic rings. The highest BCUT2D eigenvalue weighted by Crippen LogP contribution is 2.39. The van der Waals surface area contributed by atoms with Crippen molar-refractivity contribution in [3.8, 4) is 0 Å². The molecule has 114 valence electrons. The van der Waals surface area contributed by atoms with Crippen LogP contribution in [0.25, 0.3) is 0 Å². The molecule has 0 unspecified atom stereocenters. The Hall–Kier alpha value is -1.42. The third-order valence-corrected chi connectivity index (χ3v) is 4.80. The minimum Gasteiger partial charge on any atom is -0.478 e. The van der Waals surface area contributed by atoms with Crippen molar-refractivity contribution in [2.75, 3.05) is 18.0 Å². The van der Waals surface area contributed by atoms with E-state index < -0.39 is 5.97 Å². The van der Waals surface area contributed by atoms with Gasteiger partial charge in [0.2, 0.25) is 0 Å². The number of benzene rings is 2. The fourth-order valence-electron chi connectivity index (χ4n) is 2.60. The topological polar surface area (TPSA) is 40.5 Å². The minimum atomic E-state index is -1.12. The van der Waals surface area contributed by atoms with Crippen molar-refractivity contribution < 1.29 is 9.90 Å². The minimum absolute atomic E-state index is 0.0456. The first-order valence-electron chi connectivity index (χ1n) is 6.69. The van der Waals surface area contributed by atoms with E-state index in [4.69, 9.17) is 34.8 Å². The Morgan fingerprint density at radius 2 is 1.68 bits per heavy atom. The normalized spacial score (nSPS) is 14.8. The highest BCUT2D eigenvalue weighted by atomic mass is 35.5. The van der Waals surface area contributed by atoms with Gasteiger partial charge in [-0.3, -0.25) is 0 Å². The van der Waals surface area contributed by atoms with Crippen LogP contribution in [0.4, 0.5) is 5.69 Å². The number of carboxylic acids is 1. The molecule has 3 nitrogen and oxygen atoms in total. The van der Waals surface area contributed by atoms with Gasteiger partial charge in [-0.2, -0.15) is 0 Å². The van der Waals surface area contributed by atoms with E-state index in [0.717, 1.165) is 13.1 Å². The first-order valence-corrected chi connectivity index (χ1v) is 7.82. The molecule has 0 amide bonds. The van der Waals surface area contributed by atoms with E-state index in [2.05, 4.69) is 0 Å². The maximum absolute atomic E-state index is 11.2. The van der Waals surface area contributed by atoms with Gasteiger partial charge in [-0.05, 0) is 29.8 Å². The fourth-order valence-corrected chi connectivity index (χ4v) is 3.38. The molecular weight excluding hydrogens is 345 g/mol. The van der Waals surface area contributed by atoms with Gasteiger partial charge in [-0.25, -0.2) is 4.79 Å². The van der Waals surface area contributed by atoms with Crippen LogP contribution >= 0.6 is 34.8 Å². The van der Waals surface area contributed by atoms with Crippen LogP contribution in [0, 0.1) is 0 Å². The lowest BCUT2D eigenvalue weighted by Crippen LogP contribution is -2.45. The van der Waals surface area contributed by atoms with Crippen LogP contribution in [0.3, 0.4) is 0 Å². The third kappa shape index (κ3) is 2.76. The molecule has 1 fully saturated rings. The molecule has 0 saturated carbocycles. The number of carboxylic acid groups (broad SMARTS) is 1. The SMILES string of the molecule is O=C(O)c1c(Cl)ccc(N2CC(c3ccc(Cl)cc3)C2)c1Cl. The molecule has 1 saturated heterocycles. The average Bonchev–Trinajstić information content (AvgIpc) is 2.41. The highest BCUT2D eigenvalue weighted by molar-refractivity contribution is 6.41. The smallest absolute Gasteiger partial charge is 0.338 e. The van der Waals surface area contributed by atoms with E-state index in [1.165, 1.54) is 5.56 Å². The zero-order valence-corrected chi connectivity index (χ0v) is 13.7. The van der Waals surface area contributed by atoms with Crippen molar-refractivity contribution >= 4 is 46.5 Å². The van der Waals surface area contributed by atoms with Crippen molar-refractivity contribution in [2.24, 2.45) is 0 Å². The lowest BCUT2D eigenvalue weighted by molar-refractivity contribution is 0.0697. The van der Waals surface area contributed by atoms with Gasteiger partial charge in [0.25, 0.3) is 0 Å². The Balaban J connectivity index is 1.79. The lowest BCUT2D eigenvalue weighted by atomic mass is 9.91. The van der Waals surface area contributed by atoms with Gasteiger partial charge >= 0.3 is 5.97 Å². The van der Waals surface area contributed by atoms with E-state index in [9.17, 15) is 9.90 Å². The lowest BCUT2D eigenvalue weighted by Gasteiger charge is -2.42. The zero-order chi connectivity index (χ0) is 15.9. The maximum Gasteiger partial charge on any atom is 0.338 e. The van der Waals surface area contributed by atoms with E-state index in [-0.39, 0.29) is 15.6 Å². The summed E-state index contributed by atoms with van der Waals surface area (Å²) in [4.78, 5) is 13.3. The Morgan fingerprint density at radius 3 is 2.27 bits per heavy atom. The molecule has 1 aliphatic heterocycles.